The van der Waals surface area contributed by atoms with Crippen molar-refractivity contribution < 1.29 is 53.2 Å². The molecule has 0 saturated carbocycles. The summed E-state index contributed by atoms with van der Waals surface area (Å²) in [5, 5.41) is -6.01. The Hall–Kier alpha value is -1.41. The second kappa shape index (κ2) is 6.48. The van der Waals surface area contributed by atoms with Crippen LogP contribution < -0.4 is 0 Å². The predicted octanol–water partition coefficient (Wildman–Crippen LogP) is 3.30. The fourth-order valence-corrected chi connectivity index (χ4v) is 2.22. The second-order valence-electron chi connectivity index (χ2n) is 4.11. The molecule has 1 unspecified atom stereocenters. The molecule has 0 aliphatic rings. The summed E-state index contributed by atoms with van der Waals surface area (Å²) in [6, 6.07) is 0.840. The fourth-order valence-electron chi connectivity index (χ4n) is 1.36. The van der Waals surface area contributed by atoms with Crippen molar-refractivity contribution in [3.8, 4) is 0 Å². The van der Waals surface area contributed by atoms with E-state index in [1.165, 1.54) is 0 Å². The molecule has 0 aromatic heterocycles. The molecule has 1 aromatic carbocycles. The smallest absolute Gasteiger partial charge is 0.432 e. The van der Waals surface area contributed by atoms with Gasteiger partial charge in [-0.2, -0.15) is 30.4 Å². The van der Waals surface area contributed by atoms with E-state index in [1.54, 1.807) is 0 Å². The minimum atomic E-state index is -6.67. The van der Waals surface area contributed by atoms with Gasteiger partial charge in [-0.3, -0.25) is 4.55 Å². The Morgan fingerprint density at radius 3 is 1.88 bits per heavy atom. The van der Waals surface area contributed by atoms with Crippen molar-refractivity contribution in [2.75, 3.05) is 0 Å². The highest BCUT2D eigenvalue weighted by molar-refractivity contribution is 9.10. The van der Waals surface area contributed by atoms with Crippen molar-refractivity contribution in [3.05, 3.63) is 33.8 Å². The lowest BCUT2D eigenvalue weighted by atomic mass is 10.2. The second-order valence-corrected chi connectivity index (χ2v) is 6.52. The molecule has 0 amide bonds. The SMILES string of the molecule is O=C(OC(C(F)(F)F)C(F)(F)S(=O)(=O)O)c1c(F)cc(Br)cc1F. The minimum absolute atomic E-state index is 0.273. The van der Waals surface area contributed by atoms with Gasteiger partial charge < -0.3 is 4.74 Å². The third kappa shape index (κ3) is 4.16. The van der Waals surface area contributed by atoms with Crippen LogP contribution >= 0.6 is 15.9 Å². The van der Waals surface area contributed by atoms with Gasteiger partial charge in [0.25, 0.3) is 6.10 Å². The molecule has 1 rings (SSSR count). The van der Waals surface area contributed by atoms with Crippen molar-refractivity contribution in [2.24, 2.45) is 0 Å². The molecule has 1 atom stereocenters. The Balaban J connectivity index is 3.35. The monoisotopic (exact) mass is 448 g/mol. The lowest BCUT2D eigenvalue weighted by Gasteiger charge is -2.26. The van der Waals surface area contributed by atoms with Crippen LogP contribution in [0.2, 0.25) is 0 Å². The van der Waals surface area contributed by atoms with E-state index >= 15 is 0 Å². The van der Waals surface area contributed by atoms with Gasteiger partial charge in [0.15, 0.2) is 0 Å². The maximum absolute atomic E-state index is 13.4. The minimum Gasteiger partial charge on any atom is -0.441 e. The summed E-state index contributed by atoms with van der Waals surface area (Å²) in [5.74, 6) is -6.07. The molecule has 0 aliphatic carbocycles. The van der Waals surface area contributed by atoms with E-state index in [0.717, 1.165) is 0 Å². The molecule has 0 heterocycles. The number of carbonyl (C=O) groups is 1. The van der Waals surface area contributed by atoms with Gasteiger partial charge in [0, 0.05) is 4.47 Å². The third-order valence-electron chi connectivity index (χ3n) is 2.38. The largest absolute Gasteiger partial charge is 0.441 e. The van der Waals surface area contributed by atoms with E-state index in [1.807, 2.05) is 0 Å². The van der Waals surface area contributed by atoms with Gasteiger partial charge in [0.05, 0.1) is 0 Å². The molecule has 1 N–H and O–H groups in total. The number of benzene rings is 1. The number of alkyl halides is 5. The maximum Gasteiger partial charge on any atom is 0.432 e. The van der Waals surface area contributed by atoms with E-state index < -0.39 is 50.8 Å². The van der Waals surface area contributed by atoms with E-state index in [-0.39, 0.29) is 4.47 Å². The average Bonchev–Trinajstić information content (AvgIpc) is 2.31. The van der Waals surface area contributed by atoms with Crippen LogP contribution in [0.25, 0.3) is 0 Å². The van der Waals surface area contributed by atoms with Crippen LogP contribution in [-0.2, 0) is 14.9 Å². The zero-order valence-electron chi connectivity index (χ0n) is 10.7. The molecule has 5 nitrogen and oxygen atoms in total. The van der Waals surface area contributed by atoms with Crippen molar-refractivity contribution in [3.63, 3.8) is 0 Å². The molecule has 24 heavy (non-hydrogen) atoms. The molecule has 0 saturated heterocycles. The van der Waals surface area contributed by atoms with E-state index in [0.29, 0.717) is 12.1 Å². The molecule has 1 aromatic rings. The van der Waals surface area contributed by atoms with Gasteiger partial charge in [0.2, 0.25) is 0 Å². The normalized spacial score (nSPS) is 14.4. The highest BCUT2D eigenvalue weighted by atomic mass is 79.9. The molecule has 0 aliphatic heterocycles. The van der Waals surface area contributed by atoms with Gasteiger partial charge in [0.1, 0.15) is 17.2 Å². The molecule has 0 bridgehead atoms. The standard InChI is InChI=1S/C10H4BrF7O5S/c11-3-1-4(12)6(5(13)2-3)7(19)23-8(9(14,15)16)10(17,18)24(20,21)22/h1-2,8H,(H,20,21,22). The lowest BCUT2D eigenvalue weighted by molar-refractivity contribution is -0.248. The number of esters is 1. The van der Waals surface area contributed by atoms with Gasteiger partial charge in [-0.15, -0.1) is 0 Å². The fraction of sp³-hybridized carbons (Fsp3) is 0.300. The Labute approximate surface area is 137 Å². The van der Waals surface area contributed by atoms with Crippen LogP contribution in [0, 0.1) is 11.6 Å². The van der Waals surface area contributed by atoms with Crippen molar-refractivity contribution in [1.82, 2.24) is 0 Å². The molecule has 14 heteroatoms. The summed E-state index contributed by atoms with van der Waals surface area (Å²) in [5.41, 5.74) is -1.77. The van der Waals surface area contributed by atoms with E-state index in [9.17, 15) is 43.9 Å². The van der Waals surface area contributed by atoms with Crippen molar-refractivity contribution >= 4 is 32.0 Å². The van der Waals surface area contributed by atoms with Gasteiger partial charge >= 0.3 is 27.5 Å². The number of carbonyl (C=O) groups excluding carboxylic acids is 1. The number of hydrogen-bond acceptors (Lipinski definition) is 4. The molecule has 0 fully saturated rings. The van der Waals surface area contributed by atoms with Crippen LogP contribution in [-0.4, -0.2) is 36.5 Å². The van der Waals surface area contributed by atoms with Gasteiger partial charge in [-0.05, 0) is 12.1 Å². The summed E-state index contributed by atoms with van der Waals surface area (Å²) in [7, 11) is -6.67. The average molecular weight is 449 g/mol. The Bertz CT molecular complexity index is 738. The molecule has 0 radical (unpaired) electrons. The van der Waals surface area contributed by atoms with Gasteiger partial charge in [-0.1, -0.05) is 15.9 Å². The first kappa shape index (κ1) is 20.6. The van der Waals surface area contributed by atoms with Crippen LogP contribution in [0.4, 0.5) is 30.7 Å². The maximum atomic E-state index is 13.4. The van der Waals surface area contributed by atoms with E-state index in [2.05, 4.69) is 20.7 Å². The van der Waals surface area contributed by atoms with Crippen LogP contribution in [0.5, 0.6) is 0 Å². The molecular formula is C10H4BrF7O5S. The summed E-state index contributed by atoms with van der Waals surface area (Å²) in [4.78, 5) is 11.4. The number of ether oxygens (including phenoxy) is 1. The first-order valence-corrected chi connectivity index (χ1v) is 7.59. The number of rotatable bonds is 4. The predicted molar refractivity (Wildman–Crippen MR) is 65.8 cm³/mol. The Morgan fingerprint density at radius 2 is 1.54 bits per heavy atom. The first-order chi connectivity index (χ1) is 10.6. The summed E-state index contributed by atoms with van der Waals surface area (Å²) >= 11 is 2.59. The van der Waals surface area contributed by atoms with Crippen LogP contribution in [0.3, 0.4) is 0 Å². The van der Waals surface area contributed by atoms with Crippen molar-refractivity contribution in [2.45, 2.75) is 17.5 Å². The zero-order chi connectivity index (χ0) is 19.1. The zero-order valence-corrected chi connectivity index (χ0v) is 13.1. The van der Waals surface area contributed by atoms with E-state index in [4.69, 9.17) is 4.55 Å². The Morgan fingerprint density at radius 1 is 1.12 bits per heavy atom. The Kier molecular flexibility index (Phi) is 5.57. The molecule has 0 spiro atoms. The van der Waals surface area contributed by atoms with Crippen LogP contribution in [0.15, 0.2) is 16.6 Å². The number of halogens is 8. The summed E-state index contributed by atoms with van der Waals surface area (Å²) in [6.07, 6.45) is -10.9. The van der Waals surface area contributed by atoms with Crippen molar-refractivity contribution in [1.29, 1.82) is 0 Å². The molecular weight excluding hydrogens is 445 g/mol. The topological polar surface area (TPSA) is 80.7 Å². The van der Waals surface area contributed by atoms with Gasteiger partial charge in [-0.25, -0.2) is 13.6 Å². The highest BCUT2D eigenvalue weighted by Crippen LogP contribution is 2.38. The quantitative estimate of drug-likeness (QED) is 0.434. The lowest BCUT2D eigenvalue weighted by Crippen LogP contribution is -2.52. The highest BCUT2D eigenvalue weighted by Gasteiger charge is 2.66. The summed E-state index contributed by atoms with van der Waals surface area (Å²) in [6.45, 7) is 0. The summed E-state index contributed by atoms with van der Waals surface area (Å²) < 4.78 is 123. The third-order valence-corrected chi connectivity index (χ3v) is 3.74. The first-order valence-electron chi connectivity index (χ1n) is 5.36. The molecule has 136 valence electrons. The van der Waals surface area contributed by atoms with Crippen LogP contribution in [0.1, 0.15) is 10.4 Å². The number of hydrogen-bond donors (Lipinski definition) is 1.